The van der Waals surface area contributed by atoms with Gasteiger partial charge in [0.15, 0.2) is 5.82 Å². The Labute approximate surface area is 200 Å². The standard InChI is InChI=1S/C24H35N7O3/c1-4-5-18(8-9-32)27-23-22-20(28-24(25)29-23)11-26-31(22)13-17-7-6-16(10-21(17)34-3)12-30-14-19(15-30)33-2/h6-7,10-11,18-19,32H,4-5,8-9,12-15H2,1-3H3,(H3,25,27,28,29)/t18-/m0/s1. The molecule has 0 unspecified atom stereocenters. The van der Waals surface area contributed by atoms with Crippen LogP contribution in [0, 0.1) is 0 Å². The fourth-order valence-electron chi connectivity index (χ4n) is 4.46. The summed E-state index contributed by atoms with van der Waals surface area (Å²) in [6.07, 6.45) is 4.58. The van der Waals surface area contributed by atoms with Gasteiger partial charge in [-0.05, 0) is 24.5 Å². The zero-order chi connectivity index (χ0) is 24.1. The van der Waals surface area contributed by atoms with Gasteiger partial charge in [-0.25, -0.2) is 4.98 Å². The van der Waals surface area contributed by atoms with Gasteiger partial charge in [-0.3, -0.25) is 9.58 Å². The highest BCUT2D eigenvalue weighted by atomic mass is 16.5. The van der Waals surface area contributed by atoms with Crippen molar-refractivity contribution in [2.45, 2.75) is 51.4 Å². The Morgan fingerprint density at radius 1 is 1.21 bits per heavy atom. The van der Waals surface area contributed by atoms with Crippen LogP contribution in [-0.4, -0.2) is 75.8 Å². The smallest absolute Gasteiger partial charge is 0.222 e. The lowest BCUT2D eigenvalue weighted by molar-refractivity contribution is -0.0334. The second-order valence-electron chi connectivity index (χ2n) is 8.81. The van der Waals surface area contributed by atoms with Crippen LogP contribution in [0.5, 0.6) is 5.75 Å². The molecule has 10 nitrogen and oxygen atoms in total. The van der Waals surface area contributed by atoms with Crippen LogP contribution in [0.15, 0.2) is 24.4 Å². The van der Waals surface area contributed by atoms with E-state index in [9.17, 15) is 5.11 Å². The quantitative estimate of drug-likeness (QED) is 0.366. The second kappa shape index (κ2) is 11.0. The molecule has 0 bridgehead atoms. The number of anilines is 2. The molecule has 3 heterocycles. The summed E-state index contributed by atoms with van der Waals surface area (Å²) in [5.74, 6) is 1.64. The first kappa shape index (κ1) is 24.2. The highest BCUT2D eigenvalue weighted by Gasteiger charge is 2.26. The molecule has 0 saturated carbocycles. The van der Waals surface area contributed by atoms with Crippen LogP contribution in [0.2, 0.25) is 0 Å². The van der Waals surface area contributed by atoms with Crippen molar-refractivity contribution in [3.63, 3.8) is 0 Å². The first-order valence-electron chi connectivity index (χ1n) is 11.8. The van der Waals surface area contributed by atoms with E-state index in [2.05, 4.69) is 50.4 Å². The van der Waals surface area contributed by atoms with Gasteiger partial charge in [-0.2, -0.15) is 10.1 Å². The van der Waals surface area contributed by atoms with Gasteiger partial charge in [0.1, 0.15) is 16.8 Å². The number of ether oxygens (including phenoxy) is 2. The van der Waals surface area contributed by atoms with Gasteiger partial charge in [0.2, 0.25) is 5.95 Å². The molecule has 2 aromatic heterocycles. The first-order chi connectivity index (χ1) is 16.5. The fourth-order valence-corrected chi connectivity index (χ4v) is 4.46. The highest BCUT2D eigenvalue weighted by Crippen LogP contribution is 2.27. The predicted octanol–water partition coefficient (Wildman–Crippen LogP) is 2.26. The summed E-state index contributed by atoms with van der Waals surface area (Å²) in [6, 6.07) is 6.40. The summed E-state index contributed by atoms with van der Waals surface area (Å²) in [6.45, 7) is 5.50. The van der Waals surface area contributed by atoms with Crippen LogP contribution in [0.3, 0.4) is 0 Å². The Balaban J connectivity index is 1.58. The number of nitrogen functional groups attached to an aromatic ring is 1. The number of aliphatic hydroxyl groups excluding tert-OH is 1. The van der Waals surface area contributed by atoms with E-state index in [1.165, 1.54) is 5.56 Å². The molecular weight excluding hydrogens is 434 g/mol. The second-order valence-corrected chi connectivity index (χ2v) is 8.81. The van der Waals surface area contributed by atoms with Crippen LogP contribution in [0.1, 0.15) is 37.3 Å². The van der Waals surface area contributed by atoms with Crippen molar-refractivity contribution in [3.05, 3.63) is 35.5 Å². The third-order valence-corrected chi connectivity index (χ3v) is 6.30. The molecule has 1 aliphatic heterocycles. The highest BCUT2D eigenvalue weighted by molar-refractivity contribution is 5.86. The molecular formula is C24H35N7O3. The van der Waals surface area contributed by atoms with Crippen molar-refractivity contribution in [3.8, 4) is 5.75 Å². The van der Waals surface area contributed by atoms with Crippen molar-refractivity contribution in [1.29, 1.82) is 0 Å². The monoisotopic (exact) mass is 469 g/mol. The number of benzene rings is 1. The number of hydrogen-bond acceptors (Lipinski definition) is 9. The minimum atomic E-state index is 0.0869. The zero-order valence-corrected chi connectivity index (χ0v) is 20.2. The number of nitrogens with one attached hydrogen (secondary N) is 1. The molecule has 4 rings (SSSR count). The van der Waals surface area contributed by atoms with E-state index in [0.717, 1.165) is 49.3 Å². The molecule has 4 N–H and O–H groups in total. The number of nitrogens with zero attached hydrogens (tertiary/aromatic N) is 5. The third-order valence-electron chi connectivity index (χ3n) is 6.30. The van der Waals surface area contributed by atoms with Gasteiger partial charge in [0, 0.05) is 45.0 Å². The zero-order valence-electron chi connectivity index (χ0n) is 20.2. The van der Waals surface area contributed by atoms with Crippen molar-refractivity contribution >= 4 is 22.8 Å². The topological polar surface area (TPSA) is 124 Å². The maximum Gasteiger partial charge on any atom is 0.222 e. The minimum Gasteiger partial charge on any atom is -0.496 e. The van der Waals surface area contributed by atoms with Crippen molar-refractivity contribution in [1.82, 2.24) is 24.6 Å². The molecule has 1 aliphatic rings. The number of methoxy groups -OCH3 is 2. The van der Waals surface area contributed by atoms with Gasteiger partial charge in [-0.1, -0.05) is 25.5 Å². The van der Waals surface area contributed by atoms with Gasteiger partial charge in [0.05, 0.1) is 26.0 Å². The molecule has 1 saturated heterocycles. The van der Waals surface area contributed by atoms with E-state index >= 15 is 0 Å². The number of rotatable bonds is 12. The van der Waals surface area contributed by atoms with Gasteiger partial charge >= 0.3 is 0 Å². The Kier molecular flexibility index (Phi) is 7.81. The lowest BCUT2D eigenvalue weighted by Crippen LogP contribution is -2.50. The SMILES string of the molecule is CCC[C@@H](CCO)Nc1nc(N)nc2cnn(Cc3ccc(CN4CC(OC)C4)cc3OC)c12. The van der Waals surface area contributed by atoms with E-state index in [-0.39, 0.29) is 18.6 Å². The van der Waals surface area contributed by atoms with E-state index < -0.39 is 0 Å². The number of nitrogens with two attached hydrogens (primary N) is 1. The van der Waals surface area contributed by atoms with Gasteiger partial charge in [-0.15, -0.1) is 0 Å². The van der Waals surface area contributed by atoms with Crippen LogP contribution in [-0.2, 0) is 17.8 Å². The summed E-state index contributed by atoms with van der Waals surface area (Å²) in [5, 5.41) is 17.5. The number of likely N-dealkylation sites (tertiary alicyclic amines) is 1. The van der Waals surface area contributed by atoms with Crippen molar-refractivity contribution < 1.29 is 14.6 Å². The van der Waals surface area contributed by atoms with E-state index in [1.54, 1.807) is 20.4 Å². The maximum absolute atomic E-state index is 9.46. The summed E-state index contributed by atoms with van der Waals surface area (Å²) < 4.78 is 13.0. The lowest BCUT2D eigenvalue weighted by Gasteiger charge is -2.38. The van der Waals surface area contributed by atoms with Crippen LogP contribution in [0.25, 0.3) is 11.0 Å². The van der Waals surface area contributed by atoms with E-state index in [4.69, 9.17) is 15.2 Å². The normalized spacial score (nSPS) is 15.4. The van der Waals surface area contributed by atoms with Crippen molar-refractivity contribution in [2.24, 2.45) is 0 Å². The van der Waals surface area contributed by atoms with Gasteiger partial charge in [0.25, 0.3) is 0 Å². The van der Waals surface area contributed by atoms with Crippen LogP contribution in [0.4, 0.5) is 11.8 Å². The Morgan fingerprint density at radius 3 is 2.74 bits per heavy atom. The average molecular weight is 470 g/mol. The Bertz CT molecular complexity index is 1090. The molecule has 10 heteroatoms. The Hall–Kier alpha value is -2.95. The number of aliphatic hydroxyl groups is 1. The third kappa shape index (κ3) is 5.40. The van der Waals surface area contributed by atoms with Gasteiger partial charge < -0.3 is 25.6 Å². The molecule has 3 aromatic rings. The summed E-state index contributed by atoms with van der Waals surface area (Å²) in [7, 11) is 3.45. The molecule has 1 atom stereocenters. The molecule has 1 fully saturated rings. The number of hydrogen-bond donors (Lipinski definition) is 3. The summed E-state index contributed by atoms with van der Waals surface area (Å²) in [5.41, 5.74) is 9.64. The molecule has 184 valence electrons. The fraction of sp³-hybridized carbons (Fsp3) is 0.542. The maximum atomic E-state index is 9.46. The molecule has 34 heavy (non-hydrogen) atoms. The largest absolute Gasteiger partial charge is 0.496 e. The Morgan fingerprint density at radius 2 is 2.03 bits per heavy atom. The molecule has 1 aromatic carbocycles. The van der Waals surface area contributed by atoms with Crippen molar-refractivity contribution in [2.75, 3.05) is 45.0 Å². The minimum absolute atomic E-state index is 0.0869. The number of aromatic nitrogens is 4. The summed E-state index contributed by atoms with van der Waals surface area (Å²) >= 11 is 0. The average Bonchev–Trinajstić information content (AvgIpc) is 3.19. The van der Waals surface area contributed by atoms with E-state index in [0.29, 0.717) is 30.4 Å². The number of fused-ring (bicyclic) bond motifs is 1. The lowest BCUT2D eigenvalue weighted by atomic mass is 10.1. The predicted molar refractivity (Wildman–Crippen MR) is 132 cm³/mol. The molecule has 0 aliphatic carbocycles. The molecule has 0 spiro atoms. The molecule has 0 amide bonds. The van der Waals surface area contributed by atoms with E-state index in [1.807, 2.05) is 4.68 Å². The van der Waals surface area contributed by atoms with Crippen LogP contribution >= 0.6 is 0 Å². The molecule has 0 radical (unpaired) electrons. The summed E-state index contributed by atoms with van der Waals surface area (Å²) in [4.78, 5) is 11.2. The first-order valence-corrected chi connectivity index (χ1v) is 11.8. The van der Waals surface area contributed by atoms with Crippen LogP contribution < -0.4 is 15.8 Å².